The molecule has 1 aromatic heterocycles. The van der Waals surface area contributed by atoms with Crippen LogP contribution < -0.4 is 9.47 Å². The highest BCUT2D eigenvalue weighted by Crippen LogP contribution is 2.32. The zero-order chi connectivity index (χ0) is 19.4. The zero-order valence-corrected chi connectivity index (χ0v) is 15.3. The molecule has 1 heterocycles. The number of hydrogen-bond donors (Lipinski definition) is 1. The Hall–Kier alpha value is -3.53. The van der Waals surface area contributed by atoms with E-state index >= 15 is 0 Å². The normalized spacial score (nSPS) is 10.9. The zero-order valence-electron chi connectivity index (χ0n) is 14.4. The quantitative estimate of drug-likeness (QED) is 0.301. The molecule has 0 unspecified atom stereocenters. The number of non-ortho nitro benzene ring substituents is 1. The molecular formula is C17H15N5O4S. The average Bonchev–Trinajstić information content (AvgIpc) is 3.06. The Labute approximate surface area is 159 Å². The SMILES string of the molecule is COc1ccc(-c2n[nH]c(=S)n2/N=C\c2cccc([N+](=O)[O-])c2)c(OC)c1. The summed E-state index contributed by atoms with van der Waals surface area (Å²) < 4.78 is 12.3. The molecule has 1 N–H and O–H groups in total. The van der Waals surface area contributed by atoms with Gasteiger partial charge in [-0.25, -0.2) is 5.10 Å². The van der Waals surface area contributed by atoms with Crippen molar-refractivity contribution in [2.45, 2.75) is 0 Å². The van der Waals surface area contributed by atoms with Gasteiger partial charge in [-0.1, -0.05) is 12.1 Å². The number of nitro benzene ring substituents is 1. The third-order valence-corrected chi connectivity index (χ3v) is 3.97. The van der Waals surface area contributed by atoms with Crippen molar-refractivity contribution in [2.75, 3.05) is 14.2 Å². The fourth-order valence-electron chi connectivity index (χ4n) is 2.40. The van der Waals surface area contributed by atoms with Gasteiger partial charge in [0.05, 0.1) is 30.9 Å². The van der Waals surface area contributed by atoms with Crippen molar-refractivity contribution in [1.29, 1.82) is 0 Å². The lowest BCUT2D eigenvalue weighted by Crippen LogP contribution is -1.98. The smallest absolute Gasteiger partial charge is 0.270 e. The van der Waals surface area contributed by atoms with Gasteiger partial charge in [0.15, 0.2) is 5.82 Å². The third kappa shape index (κ3) is 3.85. The summed E-state index contributed by atoms with van der Waals surface area (Å²) in [5.74, 6) is 1.60. The van der Waals surface area contributed by atoms with Crippen molar-refractivity contribution in [3.05, 3.63) is 62.9 Å². The summed E-state index contributed by atoms with van der Waals surface area (Å²) in [7, 11) is 3.10. The molecule has 2 aromatic carbocycles. The van der Waals surface area contributed by atoms with Crippen molar-refractivity contribution in [1.82, 2.24) is 14.9 Å². The number of ether oxygens (including phenoxy) is 2. The molecule has 0 saturated carbocycles. The van der Waals surface area contributed by atoms with Crippen LogP contribution in [0, 0.1) is 14.9 Å². The summed E-state index contributed by atoms with van der Waals surface area (Å²) in [5, 5.41) is 22.1. The number of nitrogens with zero attached hydrogens (tertiary/aromatic N) is 4. The molecule has 0 radical (unpaired) electrons. The van der Waals surface area contributed by atoms with E-state index in [2.05, 4.69) is 15.3 Å². The van der Waals surface area contributed by atoms with Crippen molar-refractivity contribution >= 4 is 24.1 Å². The van der Waals surface area contributed by atoms with Gasteiger partial charge in [-0.2, -0.15) is 14.9 Å². The monoisotopic (exact) mass is 385 g/mol. The summed E-state index contributed by atoms with van der Waals surface area (Å²) in [6.07, 6.45) is 1.47. The fraction of sp³-hybridized carbons (Fsp3) is 0.118. The average molecular weight is 385 g/mol. The van der Waals surface area contributed by atoms with Gasteiger partial charge in [-0.15, -0.1) is 0 Å². The molecule has 0 atom stereocenters. The van der Waals surface area contributed by atoms with E-state index < -0.39 is 4.92 Å². The maximum absolute atomic E-state index is 10.9. The lowest BCUT2D eigenvalue weighted by molar-refractivity contribution is -0.384. The Kier molecular flexibility index (Phi) is 5.27. The van der Waals surface area contributed by atoms with Crippen LogP contribution >= 0.6 is 12.2 Å². The van der Waals surface area contributed by atoms with Gasteiger partial charge in [-0.05, 0) is 24.4 Å². The van der Waals surface area contributed by atoms with Crippen molar-refractivity contribution in [3.8, 4) is 22.9 Å². The van der Waals surface area contributed by atoms with Gasteiger partial charge >= 0.3 is 0 Å². The van der Waals surface area contributed by atoms with E-state index in [0.717, 1.165) is 0 Å². The van der Waals surface area contributed by atoms with Crippen LogP contribution in [0.25, 0.3) is 11.4 Å². The van der Waals surface area contributed by atoms with E-state index in [1.165, 1.54) is 30.1 Å². The summed E-state index contributed by atoms with van der Waals surface area (Å²) in [5.41, 5.74) is 1.19. The Morgan fingerprint density at radius 3 is 2.78 bits per heavy atom. The minimum absolute atomic E-state index is 0.0215. The van der Waals surface area contributed by atoms with E-state index in [1.807, 2.05) is 0 Å². The lowest BCUT2D eigenvalue weighted by atomic mass is 10.2. The first-order chi connectivity index (χ1) is 13.0. The number of aromatic amines is 1. The van der Waals surface area contributed by atoms with Crippen LogP contribution in [0.4, 0.5) is 5.69 Å². The Morgan fingerprint density at radius 1 is 1.26 bits per heavy atom. The molecule has 0 spiro atoms. The largest absolute Gasteiger partial charge is 0.497 e. The van der Waals surface area contributed by atoms with Crippen molar-refractivity contribution in [2.24, 2.45) is 5.10 Å². The standard InChI is InChI=1S/C17H15N5O4S/c1-25-13-6-7-14(15(9-13)26-2)16-19-20-17(27)21(16)18-10-11-4-3-5-12(8-11)22(23)24/h3-10H,1-2H3,(H,20,27)/b18-10-. The Bertz CT molecular complexity index is 1070. The van der Waals surface area contributed by atoms with E-state index in [4.69, 9.17) is 21.7 Å². The maximum atomic E-state index is 10.9. The number of hydrogen-bond acceptors (Lipinski definition) is 7. The number of nitro groups is 1. The molecule has 10 heteroatoms. The fourth-order valence-corrected chi connectivity index (χ4v) is 2.58. The number of methoxy groups -OCH3 is 2. The Morgan fingerprint density at radius 2 is 2.07 bits per heavy atom. The minimum Gasteiger partial charge on any atom is -0.497 e. The van der Waals surface area contributed by atoms with Crippen LogP contribution in [0.15, 0.2) is 47.6 Å². The van der Waals surface area contributed by atoms with Crippen molar-refractivity contribution < 1.29 is 14.4 Å². The molecule has 27 heavy (non-hydrogen) atoms. The first-order valence-electron chi connectivity index (χ1n) is 7.72. The van der Waals surface area contributed by atoms with Crippen LogP contribution in [0.3, 0.4) is 0 Å². The topological polar surface area (TPSA) is 108 Å². The van der Waals surface area contributed by atoms with Crippen LogP contribution in [0.5, 0.6) is 11.5 Å². The molecule has 0 fully saturated rings. The summed E-state index contributed by atoms with van der Waals surface area (Å²) in [6.45, 7) is 0. The molecule has 3 aromatic rings. The molecule has 0 aliphatic carbocycles. The maximum Gasteiger partial charge on any atom is 0.270 e. The summed E-state index contributed by atoms with van der Waals surface area (Å²) in [6, 6.07) is 11.4. The van der Waals surface area contributed by atoms with E-state index in [0.29, 0.717) is 28.5 Å². The van der Waals surface area contributed by atoms with Gasteiger partial charge in [0, 0.05) is 23.8 Å². The second kappa shape index (κ2) is 7.79. The molecule has 0 bridgehead atoms. The van der Waals surface area contributed by atoms with Crippen LogP contribution in [0.1, 0.15) is 5.56 Å². The third-order valence-electron chi connectivity index (χ3n) is 3.70. The molecule has 0 amide bonds. The summed E-state index contributed by atoms with van der Waals surface area (Å²) in [4.78, 5) is 10.4. The molecule has 9 nitrogen and oxygen atoms in total. The van der Waals surface area contributed by atoms with Crippen LogP contribution in [-0.2, 0) is 0 Å². The first kappa shape index (κ1) is 18.3. The van der Waals surface area contributed by atoms with Gasteiger partial charge in [0.1, 0.15) is 11.5 Å². The van der Waals surface area contributed by atoms with E-state index in [9.17, 15) is 10.1 Å². The first-order valence-corrected chi connectivity index (χ1v) is 8.13. The molecule has 0 saturated heterocycles. The second-order valence-electron chi connectivity index (χ2n) is 5.33. The minimum atomic E-state index is -0.464. The molecule has 3 rings (SSSR count). The molecule has 0 aliphatic rings. The molecular weight excluding hydrogens is 370 g/mol. The van der Waals surface area contributed by atoms with E-state index in [-0.39, 0.29) is 10.5 Å². The molecule has 0 aliphatic heterocycles. The number of aromatic nitrogens is 3. The number of nitrogens with one attached hydrogen (secondary N) is 1. The van der Waals surface area contributed by atoms with Crippen molar-refractivity contribution in [3.63, 3.8) is 0 Å². The van der Waals surface area contributed by atoms with E-state index in [1.54, 1.807) is 37.4 Å². The Balaban J connectivity index is 2.02. The van der Waals surface area contributed by atoms with Crippen LogP contribution in [-0.4, -0.2) is 40.2 Å². The predicted octanol–water partition coefficient (Wildman–Crippen LogP) is 3.42. The molecule has 138 valence electrons. The summed E-state index contributed by atoms with van der Waals surface area (Å²) >= 11 is 5.24. The number of benzene rings is 2. The lowest BCUT2D eigenvalue weighted by Gasteiger charge is -2.09. The number of rotatable bonds is 6. The number of H-pyrrole nitrogens is 1. The van der Waals surface area contributed by atoms with Gasteiger partial charge in [0.25, 0.3) is 5.69 Å². The van der Waals surface area contributed by atoms with Gasteiger partial charge in [0.2, 0.25) is 4.77 Å². The van der Waals surface area contributed by atoms with Gasteiger partial charge in [-0.3, -0.25) is 10.1 Å². The second-order valence-corrected chi connectivity index (χ2v) is 5.71. The van der Waals surface area contributed by atoms with Crippen LogP contribution in [0.2, 0.25) is 0 Å². The predicted molar refractivity (Wildman–Crippen MR) is 102 cm³/mol. The van der Waals surface area contributed by atoms with Gasteiger partial charge < -0.3 is 9.47 Å². The highest BCUT2D eigenvalue weighted by molar-refractivity contribution is 7.71. The highest BCUT2D eigenvalue weighted by Gasteiger charge is 2.14. The highest BCUT2D eigenvalue weighted by atomic mass is 32.1.